The van der Waals surface area contributed by atoms with Gasteiger partial charge in [-0.25, -0.2) is 14.8 Å². The molecule has 2 aromatic carbocycles. The third-order valence-corrected chi connectivity index (χ3v) is 7.64. The van der Waals surface area contributed by atoms with Gasteiger partial charge in [0.25, 0.3) is 0 Å². The molecule has 0 bridgehead atoms. The molecular formula is C29H31N7O3. The second-order valence-corrected chi connectivity index (χ2v) is 10.6. The number of nitrogens with two attached hydrogens (primary N) is 1. The van der Waals surface area contributed by atoms with Crippen molar-refractivity contribution < 1.29 is 9.53 Å². The van der Waals surface area contributed by atoms with Gasteiger partial charge in [-0.3, -0.25) is 13.9 Å². The standard InChI is InChI=1S/C29H31N7O3/c1-33(2)15-6-9-24(37)34-16-14-29(18-34)17-23(29)36-27-25(26(30)31-19-32-27)35(28(36)38)20-10-12-22(13-11-20)39-21-7-4-3-5-8-21/h3-13,19,23H,14-18H2,1-2H3,(H2,30,31,32)/b9-6+. The largest absolute Gasteiger partial charge is 0.457 e. The molecule has 6 rings (SSSR count). The molecule has 0 radical (unpaired) electrons. The number of aromatic nitrogens is 4. The highest BCUT2D eigenvalue weighted by atomic mass is 16.5. The monoisotopic (exact) mass is 525 g/mol. The number of fused-ring (bicyclic) bond motifs is 1. The van der Waals surface area contributed by atoms with E-state index in [1.54, 1.807) is 15.2 Å². The number of imidazole rings is 1. The van der Waals surface area contributed by atoms with Crippen LogP contribution < -0.4 is 16.2 Å². The number of anilines is 1. The van der Waals surface area contributed by atoms with Crippen molar-refractivity contribution in [2.75, 3.05) is 39.5 Å². The molecule has 1 spiro atoms. The van der Waals surface area contributed by atoms with E-state index in [0.717, 1.165) is 18.6 Å². The van der Waals surface area contributed by atoms with Crippen molar-refractivity contribution in [3.63, 3.8) is 0 Å². The molecule has 39 heavy (non-hydrogen) atoms. The van der Waals surface area contributed by atoms with E-state index < -0.39 is 0 Å². The summed E-state index contributed by atoms with van der Waals surface area (Å²) in [6.07, 6.45) is 6.57. The average molecular weight is 526 g/mol. The number of ether oxygens (including phenoxy) is 1. The lowest BCUT2D eigenvalue weighted by atomic mass is 10.1. The van der Waals surface area contributed by atoms with Crippen molar-refractivity contribution >= 4 is 22.9 Å². The molecule has 1 aliphatic heterocycles. The molecule has 4 aromatic rings. The number of carbonyl (C=O) groups excluding carboxylic acids is 1. The van der Waals surface area contributed by atoms with E-state index >= 15 is 0 Å². The number of rotatable bonds is 7. The second kappa shape index (κ2) is 9.70. The zero-order chi connectivity index (χ0) is 27.1. The molecule has 2 aliphatic rings. The Labute approximate surface area is 225 Å². The van der Waals surface area contributed by atoms with E-state index in [-0.39, 0.29) is 28.9 Å². The topological polar surface area (TPSA) is 112 Å². The quantitative estimate of drug-likeness (QED) is 0.369. The third kappa shape index (κ3) is 4.57. The zero-order valence-corrected chi connectivity index (χ0v) is 22.0. The fraction of sp³-hybridized carbons (Fsp3) is 0.310. The molecule has 1 amide bonds. The molecule has 10 heteroatoms. The summed E-state index contributed by atoms with van der Waals surface area (Å²) in [5, 5.41) is 0. The van der Waals surface area contributed by atoms with Crippen LogP contribution in [0.5, 0.6) is 11.5 Å². The molecular weight excluding hydrogens is 494 g/mol. The number of likely N-dealkylation sites (N-methyl/N-ethyl adjacent to an activating group) is 1. The van der Waals surface area contributed by atoms with Crippen molar-refractivity contribution in [2.24, 2.45) is 5.41 Å². The van der Waals surface area contributed by atoms with E-state index in [2.05, 4.69) is 9.97 Å². The Bertz CT molecular complexity index is 1610. The minimum absolute atomic E-state index is 0.0125. The normalized spacial score (nSPS) is 20.5. The van der Waals surface area contributed by atoms with Crippen LogP contribution in [0.25, 0.3) is 16.9 Å². The molecule has 2 atom stereocenters. The highest BCUT2D eigenvalue weighted by Crippen LogP contribution is 2.61. The van der Waals surface area contributed by atoms with Crippen molar-refractivity contribution in [3.8, 4) is 17.2 Å². The Balaban J connectivity index is 1.29. The SMILES string of the molecule is CN(C)C/C=C/C(=O)N1CCC2(CC2n2c(=O)n(-c3ccc(Oc4ccccc4)cc3)c3c(N)ncnc32)C1. The molecule has 1 saturated heterocycles. The summed E-state index contributed by atoms with van der Waals surface area (Å²) < 4.78 is 9.23. The van der Waals surface area contributed by atoms with Crippen molar-refractivity contribution in [3.05, 3.63) is 83.6 Å². The lowest BCUT2D eigenvalue weighted by Crippen LogP contribution is -2.29. The van der Waals surface area contributed by atoms with Crippen LogP contribution in [0.2, 0.25) is 0 Å². The van der Waals surface area contributed by atoms with E-state index in [9.17, 15) is 9.59 Å². The molecule has 2 fully saturated rings. The predicted octanol–water partition coefficient (Wildman–Crippen LogP) is 3.24. The number of hydrogen-bond donors (Lipinski definition) is 1. The van der Waals surface area contributed by atoms with Crippen LogP contribution in [0.1, 0.15) is 18.9 Å². The Kier molecular flexibility index (Phi) is 6.19. The molecule has 1 saturated carbocycles. The van der Waals surface area contributed by atoms with Crippen molar-refractivity contribution in [1.29, 1.82) is 0 Å². The highest BCUT2D eigenvalue weighted by molar-refractivity contribution is 5.88. The van der Waals surface area contributed by atoms with Gasteiger partial charge in [-0.2, -0.15) is 0 Å². The summed E-state index contributed by atoms with van der Waals surface area (Å²) in [7, 11) is 3.93. The van der Waals surface area contributed by atoms with E-state index in [1.165, 1.54) is 6.33 Å². The molecule has 10 nitrogen and oxygen atoms in total. The van der Waals surface area contributed by atoms with E-state index in [1.807, 2.05) is 84.6 Å². The van der Waals surface area contributed by atoms with Crippen LogP contribution in [0.4, 0.5) is 5.82 Å². The summed E-state index contributed by atoms with van der Waals surface area (Å²) in [5.74, 6) is 1.64. The summed E-state index contributed by atoms with van der Waals surface area (Å²) in [6.45, 7) is 2.01. The van der Waals surface area contributed by atoms with Gasteiger partial charge in [0.2, 0.25) is 5.91 Å². The van der Waals surface area contributed by atoms with Crippen LogP contribution >= 0.6 is 0 Å². The Morgan fingerprint density at radius 3 is 2.62 bits per heavy atom. The van der Waals surface area contributed by atoms with Crippen LogP contribution in [0.3, 0.4) is 0 Å². The minimum atomic E-state index is -0.216. The maximum Gasteiger partial charge on any atom is 0.335 e. The van der Waals surface area contributed by atoms with E-state index in [4.69, 9.17) is 10.5 Å². The van der Waals surface area contributed by atoms with Crippen molar-refractivity contribution in [1.82, 2.24) is 28.9 Å². The van der Waals surface area contributed by atoms with Gasteiger partial charge in [0.1, 0.15) is 23.3 Å². The first kappa shape index (κ1) is 24.9. The van der Waals surface area contributed by atoms with Gasteiger partial charge in [0, 0.05) is 37.2 Å². The van der Waals surface area contributed by atoms with Crippen LogP contribution in [-0.4, -0.2) is 68.5 Å². The Hall–Kier alpha value is -4.44. The number of amides is 1. The van der Waals surface area contributed by atoms with Gasteiger partial charge >= 0.3 is 5.69 Å². The first-order chi connectivity index (χ1) is 18.9. The maximum atomic E-state index is 13.9. The molecule has 2 N–H and O–H groups in total. The van der Waals surface area contributed by atoms with Gasteiger partial charge in [0.15, 0.2) is 11.5 Å². The second-order valence-electron chi connectivity index (χ2n) is 10.6. The Morgan fingerprint density at radius 1 is 1.13 bits per heavy atom. The van der Waals surface area contributed by atoms with Crippen LogP contribution in [0, 0.1) is 5.41 Å². The molecule has 3 heterocycles. The number of nitrogen functional groups attached to an aromatic ring is 1. The lowest BCUT2D eigenvalue weighted by Gasteiger charge is -2.15. The minimum Gasteiger partial charge on any atom is -0.457 e. The number of carbonyl (C=O) groups is 1. The number of para-hydroxylation sites is 1. The lowest BCUT2D eigenvalue weighted by molar-refractivity contribution is -0.125. The van der Waals surface area contributed by atoms with Gasteiger partial charge in [0.05, 0.1) is 5.69 Å². The van der Waals surface area contributed by atoms with Crippen LogP contribution in [0.15, 0.2) is 77.9 Å². The smallest absolute Gasteiger partial charge is 0.335 e. The van der Waals surface area contributed by atoms with Gasteiger partial charge < -0.3 is 20.3 Å². The average Bonchev–Trinajstić information content (AvgIpc) is 3.28. The number of likely N-dealkylation sites (tertiary alicyclic amines) is 1. The highest BCUT2D eigenvalue weighted by Gasteiger charge is 2.60. The Morgan fingerprint density at radius 2 is 1.87 bits per heavy atom. The fourth-order valence-corrected chi connectivity index (χ4v) is 5.56. The fourth-order valence-electron chi connectivity index (χ4n) is 5.56. The van der Waals surface area contributed by atoms with Crippen molar-refractivity contribution in [2.45, 2.75) is 18.9 Å². The van der Waals surface area contributed by atoms with Gasteiger partial charge in [-0.05, 0) is 63.3 Å². The number of hydrogen-bond acceptors (Lipinski definition) is 7. The molecule has 200 valence electrons. The van der Waals surface area contributed by atoms with Gasteiger partial charge in [-0.15, -0.1) is 0 Å². The summed E-state index contributed by atoms with van der Waals surface area (Å²) >= 11 is 0. The summed E-state index contributed by atoms with van der Waals surface area (Å²) in [5.41, 5.74) is 7.58. The number of benzene rings is 2. The first-order valence-corrected chi connectivity index (χ1v) is 13.0. The summed E-state index contributed by atoms with van der Waals surface area (Å²) in [4.78, 5) is 39.2. The maximum absolute atomic E-state index is 13.9. The molecule has 2 aromatic heterocycles. The zero-order valence-electron chi connectivity index (χ0n) is 22.0. The van der Waals surface area contributed by atoms with Gasteiger partial charge in [-0.1, -0.05) is 24.3 Å². The molecule has 2 unspecified atom stereocenters. The summed E-state index contributed by atoms with van der Waals surface area (Å²) in [6, 6.07) is 16.7. The first-order valence-electron chi connectivity index (χ1n) is 13.0. The number of nitrogens with zero attached hydrogens (tertiary/aromatic N) is 6. The predicted molar refractivity (Wildman–Crippen MR) is 149 cm³/mol. The molecule has 1 aliphatic carbocycles. The van der Waals surface area contributed by atoms with Crippen LogP contribution in [-0.2, 0) is 4.79 Å². The van der Waals surface area contributed by atoms with E-state index in [0.29, 0.717) is 42.2 Å². The third-order valence-electron chi connectivity index (χ3n) is 7.64.